The van der Waals surface area contributed by atoms with Crippen molar-refractivity contribution in [3.05, 3.63) is 62.1 Å². The Morgan fingerprint density at radius 3 is 2.33 bits per heavy atom. The Hall–Kier alpha value is -2.31. The summed E-state index contributed by atoms with van der Waals surface area (Å²) >= 11 is 11.8. The van der Waals surface area contributed by atoms with E-state index >= 15 is 0 Å². The SMILES string of the molecule is CC(C)Oc1ccc(C(=O)Nc2cc(Cl)c([N+](=O)[O-])cc2Cl)cc1. The number of nitrogens with zero attached hydrogens (tertiary/aromatic N) is 1. The minimum absolute atomic E-state index is 0.0270. The van der Waals surface area contributed by atoms with Crippen LogP contribution in [-0.4, -0.2) is 16.9 Å². The topological polar surface area (TPSA) is 81.5 Å². The molecule has 2 rings (SSSR count). The molecule has 0 unspecified atom stereocenters. The van der Waals surface area contributed by atoms with Crippen LogP contribution in [0.4, 0.5) is 11.4 Å². The van der Waals surface area contributed by atoms with E-state index in [-0.39, 0.29) is 27.5 Å². The molecule has 0 aliphatic heterocycles. The van der Waals surface area contributed by atoms with Gasteiger partial charge in [-0.05, 0) is 44.2 Å². The van der Waals surface area contributed by atoms with Gasteiger partial charge in [-0.3, -0.25) is 14.9 Å². The summed E-state index contributed by atoms with van der Waals surface area (Å²) in [6, 6.07) is 8.91. The highest BCUT2D eigenvalue weighted by atomic mass is 35.5. The molecule has 0 aliphatic rings. The van der Waals surface area contributed by atoms with Gasteiger partial charge in [0.1, 0.15) is 10.8 Å². The highest BCUT2D eigenvalue weighted by Gasteiger charge is 2.17. The van der Waals surface area contributed by atoms with Gasteiger partial charge in [-0.1, -0.05) is 23.2 Å². The van der Waals surface area contributed by atoms with Crippen molar-refractivity contribution in [3.8, 4) is 5.75 Å². The number of halogens is 2. The van der Waals surface area contributed by atoms with Crippen molar-refractivity contribution in [1.29, 1.82) is 0 Å². The molecule has 1 amide bonds. The lowest BCUT2D eigenvalue weighted by atomic mass is 10.2. The summed E-state index contributed by atoms with van der Waals surface area (Å²) < 4.78 is 5.50. The molecule has 0 aliphatic carbocycles. The molecule has 0 bridgehead atoms. The molecule has 24 heavy (non-hydrogen) atoms. The molecule has 6 nitrogen and oxygen atoms in total. The van der Waals surface area contributed by atoms with Crippen LogP contribution in [-0.2, 0) is 0 Å². The Bertz CT molecular complexity index is 776. The molecule has 2 aromatic rings. The van der Waals surface area contributed by atoms with Gasteiger partial charge in [0.2, 0.25) is 0 Å². The summed E-state index contributed by atoms with van der Waals surface area (Å²) in [6.07, 6.45) is 0.0331. The van der Waals surface area contributed by atoms with Crippen molar-refractivity contribution < 1.29 is 14.5 Å². The minimum atomic E-state index is -0.646. The van der Waals surface area contributed by atoms with Gasteiger partial charge in [-0.15, -0.1) is 0 Å². The lowest BCUT2D eigenvalue weighted by Crippen LogP contribution is -2.12. The molecule has 0 spiro atoms. The van der Waals surface area contributed by atoms with Crippen LogP contribution in [0.1, 0.15) is 24.2 Å². The monoisotopic (exact) mass is 368 g/mol. The first-order valence-corrected chi connectivity index (χ1v) is 7.75. The lowest BCUT2D eigenvalue weighted by Gasteiger charge is -2.11. The van der Waals surface area contributed by atoms with E-state index in [1.54, 1.807) is 24.3 Å². The number of nitro groups is 1. The number of carbonyl (C=O) groups excluding carboxylic acids is 1. The molecule has 0 saturated heterocycles. The number of hydrogen-bond acceptors (Lipinski definition) is 4. The number of rotatable bonds is 5. The van der Waals surface area contributed by atoms with Crippen LogP contribution < -0.4 is 10.1 Å². The van der Waals surface area contributed by atoms with Gasteiger partial charge >= 0.3 is 0 Å². The lowest BCUT2D eigenvalue weighted by molar-refractivity contribution is -0.384. The quantitative estimate of drug-likeness (QED) is 0.598. The number of hydrogen-bond donors (Lipinski definition) is 1. The predicted molar refractivity (Wildman–Crippen MR) is 93.3 cm³/mol. The van der Waals surface area contributed by atoms with Crippen LogP contribution in [0.2, 0.25) is 10.0 Å². The number of nitro benzene ring substituents is 1. The second-order valence-corrected chi connectivity index (χ2v) is 6.00. The molecular formula is C16H14Cl2N2O4. The third-order valence-electron chi connectivity index (χ3n) is 2.97. The summed E-state index contributed by atoms with van der Waals surface area (Å²) in [4.78, 5) is 22.4. The second kappa shape index (κ2) is 7.51. The average Bonchev–Trinajstić information content (AvgIpc) is 2.50. The fraction of sp³-hybridized carbons (Fsp3) is 0.188. The van der Waals surface area contributed by atoms with E-state index < -0.39 is 10.8 Å². The van der Waals surface area contributed by atoms with Crippen LogP contribution in [0, 0.1) is 10.1 Å². The molecule has 1 N–H and O–H groups in total. The van der Waals surface area contributed by atoms with Gasteiger partial charge in [0, 0.05) is 11.6 Å². The summed E-state index contributed by atoms with van der Waals surface area (Å²) in [5.74, 6) is 0.232. The van der Waals surface area contributed by atoms with Crippen LogP contribution in [0.25, 0.3) is 0 Å². The maximum Gasteiger partial charge on any atom is 0.289 e. The zero-order chi connectivity index (χ0) is 17.9. The highest BCUT2D eigenvalue weighted by Crippen LogP contribution is 2.34. The number of anilines is 1. The van der Waals surface area contributed by atoms with Crippen molar-refractivity contribution in [3.63, 3.8) is 0 Å². The normalized spacial score (nSPS) is 10.5. The molecule has 0 radical (unpaired) electrons. The van der Waals surface area contributed by atoms with Gasteiger partial charge in [-0.2, -0.15) is 0 Å². The van der Waals surface area contributed by atoms with E-state index in [0.29, 0.717) is 11.3 Å². The summed E-state index contributed by atoms with van der Waals surface area (Å²) in [5.41, 5.74) is 0.256. The molecule has 0 saturated carbocycles. The molecular weight excluding hydrogens is 355 g/mol. The Morgan fingerprint density at radius 1 is 1.17 bits per heavy atom. The maximum absolute atomic E-state index is 12.2. The Morgan fingerprint density at radius 2 is 1.79 bits per heavy atom. The highest BCUT2D eigenvalue weighted by molar-refractivity contribution is 6.37. The largest absolute Gasteiger partial charge is 0.491 e. The zero-order valence-corrected chi connectivity index (χ0v) is 14.4. The number of carbonyl (C=O) groups is 1. The molecule has 0 aromatic heterocycles. The van der Waals surface area contributed by atoms with Crippen LogP contribution in [0.5, 0.6) is 5.75 Å². The Kier molecular flexibility index (Phi) is 5.64. The molecule has 0 atom stereocenters. The Balaban J connectivity index is 2.17. The summed E-state index contributed by atoms with van der Waals surface area (Å²) in [5, 5.41) is 13.3. The third kappa shape index (κ3) is 4.37. The zero-order valence-electron chi connectivity index (χ0n) is 12.9. The smallest absolute Gasteiger partial charge is 0.289 e. The van der Waals surface area contributed by atoms with E-state index in [4.69, 9.17) is 27.9 Å². The molecule has 0 fully saturated rings. The second-order valence-electron chi connectivity index (χ2n) is 5.19. The fourth-order valence-electron chi connectivity index (χ4n) is 1.92. The average molecular weight is 369 g/mol. The van der Waals surface area contributed by atoms with Crippen molar-refractivity contribution >= 4 is 40.5 Å². The molecule has 126 valence electrons. The van der Waals surface area contributed by atoms with Gasteiger partial charge < -0.3 is 10.1 Å². The summed E-state index contributed by atoms with van der Waals surface area (Å²) in [6.45, 7) is 3.81. The number of ether oxygens (including phenoxy) is 1. The maximum atomic E-state index is 12.2. The van der Waals surface area contributed by atoms with E-state index in [0.717, 1.165) is 6.07 Å². The summed E-state index contributed by atoms with van der Waals surface area (Å²) in [7, 11) is 0. The molecule has 8 heteroatoms. The van der Waals surface area contributed by atoms with Crippen molar-refractivity contribution in [1.82, 2.24) is 0 Å². The molecule has 0 heterocycles. The van der Waals surface area contributed by atoms with Crippen LogP contribution >= 0.6 is 23.2 Å². The first-order chi connectivity index (χ1) is 11.3. The third-order valence-corrected chi connectivity index (χ3v) is 3.59. The number of benzene rings is 2. The first kappa shape index (κ1) is 18.0. The number of amides is 1. The predicted octanol–water partition coefficient (Wildman–Crippen LogP) is 4.94. The van der Waals surface area contributed by atoms with Crippen molar-refractivity contribution in [2.24, 2.45) is 0 Å². The van der Waals surface area contributed by atoms with Gasteiger partial charge in [0.25, 0.3) is 11.6 Å². The van der Waals surface area contributed by atoms with E-state index in [1.165, 1.54) is 6.07 Å². The Labute approximate surface area is 148 Å². The molecule has 2 aromatic carbocycles. The van der Waals surface area contributed by atoms with Crippen LogP contribution in [0.3, 0.4) is 0 Å². The van der Waals surface area contributed by atoms with E-state index in [2.05, 4.69) is 5.32 Å². The van der Waals surface area contributed by atoms with Gasteiger partial charge in [0.05, 0.1) is 21.7 Å². The van der Waals surface area contributed by atoms with Gasteiger partial charge in [-0.25, -0.2) is 0 Å². The number of nitrogens with one attached hydrogen (secondary N) is 1. The van der Waals surface area contributed by atoms with Crippen molar-refractivity contribution in [2.45, 2.75) is 20.0 Å². The standard InChI is InChI=1S/C16H14Cl2N2O4/c1-9(2)24-11-5-3-10(4-6-11)16(21)19-14-7-13(18)15(20(22)23)8-12(14)17/h3-9H,1-2H3,(H,19,21). The van der Waals surface area contributed by atoms with Crippen LogP contribution in [0.15, 0.2) is 36.4 Å². The van der Waals surface area contributed by atoms with E-state index in [9.17, 15) is 14.9 Å². The van der Waals surface area contributed by atoms with Gasteiger partial charge in [0.15, 0.2) is 0 Å². The van der Waals surface area contributed by atoms with Crippen molar-refractivity contribution in [2.75, 3.05) is 5.32 Å². The minimum Gasteiger partial charge on any atom is -0.491 e. The van der Waals surface area contributed by atoms with E-state index in [1.807, 2.05) is 13.8 Å². The fourth-order valence-corrected chi connectivity index (χ4v) is 2.36. The first-order valence-electron chi connectivity index (χ1n) is 6.99.